The highest BCUT2D eigenvalue weighted by molar-refractivity contribution is 6.33. The molecule has 1 aliphatic heterocycles. The van der Waals surface area contributed by atoms with Crippen molar-refractivity contribution >= 4 is 17.4 Å². The minimum atomic E-state index is -0.421. The third-order valence-corrected chi connectivity index (χ3v) is 4.43. The van der Waals surface area contributed by atoms with Crippen LogP contribution in [0.5, 0.6) is 5.75 Å². The molecule has 0 radical (unpaired) electrons. The molecule has 1 aliphatic rings. The van der Waals surface area contributed by atoms with Crippen LogP contribution in [0.25, 0.3) is 11.3 Å². The minimum absolute atomic E-state index is 0.0506. The minimum Gasteiger partial charge on any atom is -0.482 e. The average Bonchev–Trinajstić information content (AvgIpc) is 3.24. The molecule has 1 unspecified atom stereocenters. The highest BCUT2D eigenvalue weighted by Gasteiger charge is 2.28. The molecule has 5 heteroatoms. The van der Waals surface area contributed by atoms with Gasteiger partial charge in [-0.1, -0.05) is 35.9 Å². The van der Waals surface area contributed by atoms with E-state index in [-0.39, 0.29) is 12.2 Å². The van der Waals surface area contributed by atoms with Crippen molar-refractivity contribution in [2.24, 2.45) is 0 Å². The average molecular weight is 340 g/mol. The Morgan fingerprint density at radius 2 is 2.12 bits per heavy atom. The number of ketones is 1. The molecule has 24 heavy (non-hydrogen) atoms. The molecule has 2 heterocycles. The van der Waals surface area contributed by atoms with Crippen molar-refractivity contribution in [1.82, 2.24) is 4.98 Å². The molecule has 0 fully saturated rings. The molecular formula is C19H14ClNO3. The number of para-hydroxylation sites is 1. The Hall–Kier alpha value is -2.59. The Kier molecular flexibility index (Phi) is 3.82. The first-order valence-corrected chi connectivity index (χ1v) is 8.03. The van der Waals surface area contributed by atoms with Gasteiger partial charge in [-0.05, 0) is 29.3 Å². The van der Waals surface area contributed by atoms with E-state index in [2.05, 4.69) is 4.98 Å². The number of benzene rings is 2. The standard InChI is InChI=1S/C19H14ClNO3/c20-15-7-12(5-6-14(15)19-10-21-11-23-19)8-16(22)18-9-13-3-1-2-4-17(13)24-18/h1-7,10-11,18H,8-9H2. The number of Topliss-reactive ketones (excluding diaryl/α,β-unsaturated/α-hetero) is 1. The van der Waals surface area contributed by atoms with Crippen LogP contribution >= 0.6 is 11.6 Å². The van der Waals surface area contributed by atoms with Gasteiger partial charge < -0.3 is 9.15 Å². The Bertz CT molecular complexity index is 864. The maximum absolute atomic E-state index is 12.5. The third-order valence-electron chi connectivity index (χ3n) is 4.12. The summed E-state index contributed by atoms with van der Waals surface area (Å²) in [6, 6.07) is 13.3. The summed E-state index contributed by atoms with van der Waals surface area (Å²) >= 11 is 6.31. The molecule has 0 aliphatic carbocycles. The topological polar surface area (TPSA) is 52.3 Å². The monoisotopic (exact) mass is 339 g/mol. The van der Waals surface area contributed by atoms with Crippen molar-refractivity contribution < 1.29 is 13.9 Å². The van der Waals surface area contributed by atoms with E-state index in [4.69, 9.17) is 20.8 Å². The van der Waals surface area contributed by atoms with Gasteiger partial charge in [-0.3, -0.25) is 4.79 Å². The molecule has 0 amide bonds. The maximum Gasteiger partial charge on any atom is 0.181 e. The van der Waals surface area contributed by atoms with E-state index in [0.717, 1.165) is 22.4 Å². The quantitative estimate of drug-likeness (QED) is 0.717. The molecule has 0 N–H and O–H groups in total. The summed E-state index contributed by atoms with van der Waals surface area (Å²) in [6.07, 6.45) is 3.46. The lowest BCUT2D eigenvalue weighted by Gasteiger charge is -2.10. The molecule has 1 aromatic heterocycles. The third kappa shape index (κ3) is 2.81. The number of rotatable bonds is 4. The fourth-order valence-corrected chi connectivity index (χ4v) is 3.19. The molecule has 1 atom stereocenters. The second-order valence-electron chi connectivity index (χ2n) is 5.74. The molecule has 0 saturated heterocycles. The molecule has 0 saturated carbocycles. The first kappa shape index (κ1) is 15.0. The number of ether oxygens (including phenoxy) is 1. The van der Waals surface area contributed by atoms with Gasteiger partial charge in [0.2, 0.25) is 0 Å². The summed E-state index contributed by atoms with van der Waals surface area (Å²) in [5.74, 6) is 1.46. The maximum atomic E-state index is 12.5. The number of halogens is 1. The van der Waals surface area contributed by atoms with Crippen LogP contribution in [0.2, 0.25) is 5.02 Å². The van der Waals surface area contributed by atoms with Gasteiger partial charge in [0.05, 0.1) is 11.2 Å². The van der Waals surface area contributed by atoms with Crippen molar-refractivity contribution in [3.63, 3.8) is 0 Å². The number of carbonyl (C=O) groups is 1. The normalized spacial score (nSPS) is 15.8. The lowest BCUT2D eigenvalue weighted by atomic mass is 10.0. The summed E-state index contributed by atoms with van der Waals surface area (Å²) in [4.78, 5) is 16.4. The fourth-order valence-electron chi connectivity index (χ4n) is 2.89. The van der Waals surface area contributed by atoms with Crippen LogP contribution in [0.3, 0.4) is 0 Å². The number of nitrogens with zero attached hydrogens (tertiary/aromatic N) is 1. The van der Waals surface area contributed by atoms with E-state index in [0.29, 0.717) is 17.2 Å². The number of carbonyl (C=O) groups excluding carboxylic acids is 1. The molecule has 4 rings (SSSR count). The second kappa shape index (κ2) is 6.13. The Morgan fingerprint density at radius 1 is 1.25 bits per heavy atom. The first-order valence-electron chi connectivity index (χ1n) is 7.65. The molecule has 2 aromatic carbocycles. The van der Waals surface area contributed by atoms with E-state index in [1.807, 2.05) is 36.4 Å². The number of aromatic nitrogens is 1. The van der Waals surface area contributed by atoms with Crippen LogP contribution in [0, 0.1) is 0 Å². The molecular weight excluding hydrogens is 326 g/mol. The van der Waals surface area contributed by atoms with E-state index in [1.54, 1.807) is 12.3 Å². The largest absolute Gasteiger partial charge is 0.482 e. The zero-order valence-corrected chi connectivity index (χ0v) is 13.5. The van der Waals surface area contributed by atoms with Crippen LogP contribution in [-0.4, -0.2) is 16.9 Å². The summed E-state index contributed by atoms with van der Waals surface area (Å²) in [6.45, 7) is 0. The van der Waals surface area contributed by atoms with Crippen LogP contribution in [0.1, 0.15) is 11.1 Å². The van der Waals surface area contributed by atoms with E-state index >= 15 is 0 Å². The zero-order chi connectivity index (χ0) is 16.5. The van der Waals surface area contributed by atoms with Gasteiger partial charge in [0.15, 0.2) is 24.0 Å². The predicted octanol–water partition coefficient (Wildman–Crippen LogP) is 4.11. The molecule has 120 valence electrons. The predicted molar refractivity (Wildman–Crippen MR) is 90.2 cm³/mol. The van der Waals surface area contributed by atoms with Gasteiger partial charge in [-0.2, -0.15) is 0 Å². The van der Waals surface area contributed by atoms with Crippen molar-refractivity contribution in [3.05, 3.63) is 71.2 Å². The van der Waals surface area contributed by atoms with Crippen LogP contribution in [0.15, 0.2) is 59.5 Å². The van der Waals surface area contributed by atoms with Gasteiger partial charge in [0.25, 0.3) is 0 Å². The lowest BCUT2D eigenvalue weighted by Crippen LogP contribution is -2.26. The highest BCUT2D eigenvalue weighted by atomic mass is 35.5. The van der Waals surface area contributed by atoms with Gasteiger partial charge in [0.1, 0.15) is 5.75 Å². The summed E-state index contributed by atoms with van der Waals surface area (Å²) in [5.41, 5.74) is 2.69. The number of hydrogen-bond donors (Lipinski definition) is 0. The Labute approximate surface area is 144 Å². The van der Waals surface area contributed by atoms with Crippen LogP contribution < -0.4 is 4.74 Å². The number of fused-ring (bicyclic) bond motifs is 1. The second-order valence-corrected chi connectivity index (χ2v) is 6.15. The fraction of sp³-hybridized carbons (Fsp3) is 0.158. The molecule has 3 aromatic rings. The smallest absolute Gasteiger partial charge is 0.181 e. The Morgan fingerprint density at radius 3 is 2.88 bits per heavy atom. The van der Waals surface area contributed by atoms with E-state index < -0.39 is 6.10 Å². The van der Waals surface area contributed by atoms with Crippen LogP contribution in [0.4, 0.5) is 0 Å². The zero-order valence-electron chi connectivity index (χ0n) is 12.7. The molecule has 0 bridgehead atoms. The number of oxazole rings is 1. The van der Waals surface area contributed by atoms with Gasteiger partial charge >= 0.3 is 0 Å². The van der Waals surface area contributed by atoms with Crippen LogP contribution in [-0.2, 0) is 17.6 Å². The summed E-state index contributed by atoms with van der Waals surface area (Å²) in [5, 5.41) is 0.535. The molecule has 0 spiro atoms. The van der Waals surface area contributed by atoms with Gasteiger partial charge in [-0.25, -0.2) is 4.98 Å². The van der Waals surface area contributed by atoms with Crippen molar-refractivity contribution in [3.8, 4) is 17.1 Å². The first-order chi connectivity index (χ1) is 11.7. The van der Waals surface area contributed by atoms with Gasteiger partial charge in [-0.15, -0.1) is 0 Å². The van der Waals surface area contributed by atoms with E-state index in [9.17, 15) is 4.79 Å². The van der Waals surface area contributed by atoms with E-state index in [1.165, 1.54) is 6.39 Å². The summed E-state index contributed by atoms with van der Waals surface area (Å²) < 4.78 is 11.0. The Balaban J connectivity index is 1.48. The number of hydrogen-bond acceptors (Lipinski definition) is 4. The van der Waals surface area contributed by atoms with Crippen molar-refractivity contribution in [2.75, 3.05) is 0 Å². The SMILES string of the molecule is O=C(Cc1ccc(-c2cnco2)c(Cl)c1)C1Cc2ccccc2O1. The lowest BCUT2D eigenvalue weighted by molar-refractivity contribution is -0.124. The highest BCUT2D eigenvalue weighted by Crippen LogP contribution is 2.31. The van der Waals surface area contributed by atoms with Crippen molar-refractivity contribution in [1.29, 1.82) is 0 Å². The molecule has 4 nitrogen and oxygen atoms in total. The van der Waals surface area contributed by atoms with Crippen molar-refractivity contribution in [2.45, 2.75) is 18.9 Å². The summed E-state index contributed by atoms with van der Waals surface area (Å²) in [7, 11) is 0. The van der Waals surface area contributed by atoms with Gasteiger partial charge in [0, 0.05) is 18.4 Å².